The largest absolute Gasteiger partial charge is 0.492 e. The van der Waals surface area contributed by atoms with Gasteiger partial charge in [0.15, 0.2) is 0 Å². The van der Waals surface area contributed by atoms with E-state index in [1.54, 1.807) is 0 Å². The fourth-order valence-corrected chi connectivity index (χ4v) is 3.16. The molecule has 2 aromatic rings. The molecule has 4 nitrogen and oxygen atoms in total. The summed E-state index contributed by atoms with van der Waals surface area (Å²) in [6.07, 6.45) is 2.54. The number of hydrogen-bond acceptors (Lipinski definition) is 3. The van der Waals surface area contributed by atoms with Gasteiger partial charge >= 0.3 is 0 Å². The van der Waals surface area contributed by atoms with Crippen molar-refractivity contribution in [3.05, 3.63) is 60.2 Å². The molecule has 1 aliphatic carbocycles. The van der Waals surface area contributed by atoms with Gasteiger partial charge in [-0.1, -0.05) is 42.5 Å². The maximum absolute atomic E-state index is 12.7. The molecule has 1 N–H and O–H groups in total. The van der Waals surface area contributed by atoms with Crippen LogP contribution in [0.25, 0.3) is 0 Å². The normalized spacial score (nSPS) is 14.9. The second-order valence-corrected chi connectivity index (χ2v) is 6.94. The number of para-hydroxylation sites is 2. The van der Waals surface area contributed by atoms with Crippen LogP contribution in [0.1, 0.15) is 38.3 Å². The lowest BCUT2D eigenvalue weighted by atomic mass is 10.1. The summed E-state index contributed by atoms with van der Waals surface area (Å²) >= 11 is 0. The summed E-state index contributed by atoms with van der Waals surface area (Å²) in [6, 6.07) is 18.2. The number of rotatable bonds is 9. The fourth-order valence-electron chi connectivity index (χ4n) is 3.16. The molecule has 1 fully saturated rings. The van der Waals surface area contributed by atoms with Crippen LogP contribution >= 0.6 is 0 Å². The fraction of sp³-hybridized carbons (Fsp3) is 0.409. The molecule has 26 heavy (non-hydrogen) atoms. The molecule has 1 unspecified atom stereocenters. The van der Waals surface area contributed by atoms with Gasteiger partial charge in [-0.2, -0.15) is 0 Å². The van der Waals surface area contributed by atoms with Gasteiger partial charge in [0.1, 0.15) is 5.75 Å². The smallest absolute Gasteiger partial charge is 0.238 e. The third-order valence-corrected chi connectivity index (χ3v) is 4.83. The van der Waals surface area contributed by atoms with Crippen LogP contribution in [0.5, 0.6) is 5.75 Å². The first-order valence-corrected chi connectivity index (χ1v) is 9.48. The van der Waals surface area contributed by atoms with Gasteiger partial charge < -0.3 is 10.1 Å². The highest BCUT2D eigenvalue weighted by Gasteiger charge is 2.28. The average molecular weight is 352 g/mol. The van der Waals surface area contributed by atoms with Crippen molar-refractivity contribution in [1.82, 2.24) is 4.90 Å². The summed E-state index contributed by atoms with van der Waals surface area (Å²) in [4.78, 5) is 15.0. The Morgan fingerprint density at radius 1 is 1.15 bits per heavy atom. The second kappa shape index (κ2) is 8.86. The Labute approximate surface area is 156 Å². The summed E-state index contributed by atoms with van der Waals surface area (Å²) in [5.74, 6) is 1.44. The van der Waals surface area contributed by atoms with E-state index in [0.717, 1.165) is 18.2 Å². The van der Waals surface area contributed by atoms with E-state index in [-0.39, 0.29) is 11.9 Å². The van der Waals surface area contributed by atoms with Crippen LogP contribution in [-0.2, 0) is 4.79 Å². The van der Waals surface area contributed by atoms with Crippen molar-refractivity contribution in [3.63, 3.8) is 0 Å². The molecule has 1 amide bonds. The van der Waals surface area contributed by atoms with Crippen molar-refractivity contribution in [1.29, 1.82) is 0 Å². The zero-order valence-electron chi connectivity index (χ0n) is 15.7. The number of carbonyl (C=O) groups excluding carboxylic acids is 1. The predicted octanol–water partition coefficient (Wildman–Crippen LogP) is 4.50. The molecule has 1 aliphatic rings. The molecule has 1 atom stereocenters. The second-order valence-electron chi connectivity index (χ2n) is 6.94. The van der Waals surface area contributed by atoms with E-state index in [0.29, 0.717) is 18.9 Å². The summed E-state index contributed by atoms with van der Waals surface area (Å²) in [7, 11) is 0. The van der Waals surface area contributed by atoms with Gasteiger partial charge in [-0.25, -0.2) is 0 Å². The quantitative estimate of drug-likeness (QED) is 0.722. The number of carbonyl (C=O) groups is 1. The lowest BCUT2D eigenvalue weighted by Crippen LogP contribution is -2.36. The number of hydrogen-bond donors (Lipinski definition) is 1. The van der Waals surface area contributed by atoms with Crippen molar-refractivity contribution in [2.24, 2.45) is 5.92 Å². The lowest BCUT2D eigenvalue weighted by Gasteiger charge is -2.29. The van der Waals surface area contributed by atoms with E-state index in [1.165, 1.54) is 18.4 Å². The highest BCUT2D eigenvalue weighted by molar-refractivity contribution is 5.93. The molecular weight excluding hydrogens is 324 g/mol. The molecule has 0 radical (unpaired) electrons. The molecule has 0 aliphatic heterocycles. The number of anilines is 1. The summed E-state index contributed by atoms with van der Waals surface area (Å²) in [6.45, 7) is 6.05. The minimum absolute atomic E-state index is 0.000541. The molecule has 2 aromatic carbocycles. The molecule has 0 aromatic heterocycles. The Kier molecular flexibility index (Phi) is 6.29. The average Bonchev–Trinajstić information content (AvgIpc) is 3.47. The topological polar surface area (TPSA) is 41.6 Å². The van der Waals surface area contributed by atoms with Gasteiger partial charge in [0.25, 0.3) is 0 Å². The monoisotopic (exact) mass is 352 g/mol. The molecule has 0 bridgehead atoms. The van der Waals surface area contributed by atoms with Crippen molar-refractivity contribution in [2.45, 2.75) is 32.7 Å². The zero-order valence-corrected chi connectivity index (χ0v) is 15.7. The summed E-state index contributed by atoms with van der Waals surface area (Å²) < 4.78 is 5.61. The van der Waals surface area contributed by atoms with Crippen LogP contribution < -0.4 is 10.1 Å². The Balaban J connectivity index is 1.67. The molecule has 1 saturated carbocycles. The van der Waals surface area contributed by atoms with Crippen LogP contribution in [0.3, 0.4) is 0 Å². The first-order valence-electron chi connectivity index (χ1n) is 9.48. The van der Waals surface area contributed by atoms with Crippen LogP contribution in [-0.4, -0.2) is 30.5 Å². The van der Waals surface area contributed by atoms with Gasteiger partial charge in [-0.05, 0) is 50.3 Å². The summed E-state index contributed by atoms with van der Waals surface area (Å²) in [5.41, 5.74) is 1.98. The van der Waals surface area contributed by atoms with Crippen LogP contribution in [0.4, 0.5) is 5.69 Å². The predicted molar refractivity (Wildman–Crippen MR) is 105 cm³/mol. The minimum Gasteiger partial charge on any atom is -0.492 e. The summed E-state index contributed by atoms with van der Waals surface area (Å²) in [5, 5.41) is 3.02. The molecule has 0 heterocycles. The number of nitrogens with zero attached hydrogens (tertiary/aromatic N) is 1. The maximum atomic E-state index is 12.7. The van der Waals surface area contributed by atoms with Crippen molar-refractivity contribution < 1.29 is 9.53 Å². The first kappa shape index (κ1) is 18.5. The Morgan fingerprint density at radius 2 is 1.85 bits per heavy atom. The Hall–Kier alpha value is -2.33. The highest BCUT2D eigenvalue weighted by atomic mass is 16.5. The lowest BCUT2D eigenvalue weighted by molar-refractivity contribution is -0.117. The first-order chi connectivity index (χ1) is 12.7. The van der Waals surface area contributed by atoms with E-state index < -0.39 is 0 Å². The molecule has 138 valence electrons. The highest BCUT2D eigenvalue weighted by Crippen LogP contribution is 2.33. The van der Waals surface area contributed by atoms with E-state index in [2.05, 4.69) is 41.4 Å². The van der Waals surface area contributed by atoms with Crippen molar-refractivity contribution in [3.8, 4) is 5.75 Å². The standard InChI is InChI=1S/C22H28N2O2/c1-3-26-21-12-8-7-11-20(21)23-22(25)16-24(15-18-13-14-18)17(2)19-9-5-4-6-10-19/h4-12,17-18H,3,13-16H2,1-2H3,(H,23,25). The number of amides is 1. The third kappa shape index (κ3) is 5.09. The SMILES string of the molecule is CCOc1ccccc1NC(=O)CN(CC1CC1)C(C)c1ccccc1. The maximum Gasteiger partial charge on any atom is 0.238 e. The third-order valence-electron chi connectivity index (χ3n) is 4.83. The van der Waals surface area contributed by atoms with Gasteiger partial charge in [0.05, 0.1) is 18.8 Å². The van der Waals surface area contributed by atoms with E-state index in [9.17, 15) is 4.79 Å². The van der Waals surface area contributed by atoms with E-state index >= 15 is 0 Å². The van der Waals surface area contributed by atoms with Crippen LogP contribution in [0.15, 0.2) is 54.6 Å². The number of ether oxygens (including phenoxy) is 1. The Morgan fingerprint density at radius 3 is 2.54 bits per heavy atom. The molecule has 3 rings (SSSR count). The molecule has 4 heteroatoms. The number of nitrogens with one attached hydrogen (secondary N) is 1. The van der Waals surface area contributed by atoms with Crippen molar-refractivity contribution in [2.75, 3.05) is 25.0 Å². The van der Waals surface area contributed by atoms with Gasteiger partial charge in [-0.3, -0.25) is 9.69 Å². The van der Waals surface area contributed by atoms with Gasteiger partial charge in [0.2, 0.25) is 5.91 Å². The molecule has 0 spiro atoms. The van der Waals surface area contributed by atoms with E-state index in [4.69, 9.17) is 4.74 Å². The zero-order chi connectivity index (χ0) is 18.4. The number of benzene rings is 2. The van der Waals surface area contributed by atoms with Crippen molar-refractivity contribution >= 4 is 11.6 Å². The van der Waals surface area contributed by atoms with Gasteiger partial charge in [-0.15, -0.1) is 0 Å². The molecule has 0 saturated heterocycles. The van der Waals surface area contributed by atoms with E-state index in [1.807, 2.05) is 37.3 Å². The van der Waals surface area contributed by atoms with Crippen LogP contribution in [0.2, 0.25) is 0 Å². The molecular formula is C22H28N2O2. The van der Waals surface area contributed by atoms with Gasteiger partial charge in [0, 0.05) is 12.6 Å². The van der Waals surface area contributed by atoms with Crippen LogP contribution in [0, 0.1) is 5.92 Å². The minimum atomic E-state index is 0.000541. The Bertz CT molecular complexity index is 713.